The molecular formula is C15H13Cl2N5O. The Morgan fingerprint density at radius 3 is 2.78 bits per heavy atom. The van der Waals surface area contributed by atoms with Gasteiger partial charge in [-0.15, -0.1) is 5.10 Å². The van der Waals surface area contributed by atoms with Gasteiger partial charge in [-0.05, 0) is 37.6 Å². The molecule has 23 heavy (non-hydrogen) atoms. The van der Waals surface area contributed by atoms with Crippen LogP contribution in [0.1, 0.15) is 34.8 Å². The number of carbonyl (C=O) groups is 1. The SMILES string of the molecule is Cc1ccnc2nc(C(=O)N[C@@H](C)c3ccc(Cl)cc3Cl)nn12. The molecule has 0 bridgehead atoms. The largest absolute Gasteiger partial charge is 0.343 e. The third-order valence-corrected chi connectivity index (χ3v) is 3.97. The quantitative estimate of drug-likeness (QED) is 0.787. The molecule has 2 aromatic heterocycles. The van der Waals surface area contributed by atoms with E-state index in [4.69, 9.17) is 23.2 Å². The van der Waals surface area contributed by atoms with E-state index in [0.29, 0.717) is 15.8 Å². The average molecular weight is 350 g/mol. The van der Waals surface area contributed by atoms with E-state index in [-0.39, 0.29) is 11.9 Å². The lowest BCUT2D eigenvalue weighted by atomic mass is 10.1. The Kier molecular flexibility index (Phi) is 4.19. The second-order valence-corrected chi connectivity index (χ2v) is 5.94. The highest BCUT2D eigenvalue weighted by Gasteiger charge is 2.18. The fraction of sp³-hybridized carbons (Fsp3) is 0.200. The van der Waals surface area contributed by atoms with E-state index >= 15 is 0 Å². The van der Waals surface area contributed by atoms with Crippen molar-refractivity contribution < 1.29 is 4.79 Å². The fourth-order valence-corrected chi connectivity index (χ4v) is 2.77. The summed E-state index contributed by atoms with van der Waals surface area (Å²) in [4.78, 5) is 20.6. The number of halogens is 2. The third-order valence-electron chi connectivity index (χ3n) is 3.41. The molecule has 0 radical (unpaired) electrons. The van der Waals surface area contributed by atoms with Crippen molar-refractivity contribution in [3.63, 3.8) is 0 Å². The van der Waals surface area contributed by atoms with E-state index in [9.17, 15) is 4.79 Å². The maximum atomic E-state index is 12.3. The summed E-state index contributed by atoms with van der Waals surface area (Å²) < 4.78 is 1.52. The second kappa shape index (κ2) is 6.14. The zero-order valence-corrected chi connectivity index (χ0v) is 13.9. The van der Waals surface area contributed by atoms with Crippen LogP contribution in [0.4, 0.5) is 0 Å². The molecule has 0 aliphatic carbocycles. The van der Waals surface area contributed by atoms with Crippen molar-refractivity contribution in [2.24, 2.45) is 0 Å². The summed E-state index contributed by atoms with van der Waals surface area (Å²) in [6, 6.07) is 6.62. The molecule has 2 heterocycles. The Labute approximate surface area is 142 Å². The molecule has 0 spiro atoms. The smallest absolute Gasteiger partial charge is 0.291 e. The standard InChI is InChI=1S/C15H13Cl2N5O/c1-8-5-6-18-15-20-13(21-22(8)15)14(23)19-9(2)11-4-3-10(16)7-12(11)17/h3-7,9H,1-2H3,(H,19,23)/t9-/m0/s1. The molecule has 0 aliphatic rings. The molecule has 0 aliphatic heterocycles. The van der Waals surface area contributed by atoms with Crippen LogP contribution in [0.25, 0.3) is 5.78 Å². The third kappa shape index (κ3) is 3.13. The lowest BCUT2D eigenvalue weighted by Crippen LogP contribution is -2.27. The van der Waals surface area contributed by atoms with Crippen LogP contribution in [0.2, 0.25) is 10.0 Å². The van der Waals surface area contributed by atoms with E-state index in [1.807, 2.05) is 13.8 Å². The summed E-state index contributed by atoms with van der Waals surface area (Å²) >= 11 is 12.0. The topological polar surface area (TPSA) is 72.2 Å². The number of aromatic nitrogens is 4. The molecule has 3 rings (SSSR count). The Hall–Kier alpha value is -2.18. The van der Waals surface area contributed by atoms with Gasteiger partial charge in [0.15, 0.2) is 0 Å². The first-order valence-electron chi connectivity index (χ1n) is 6.90. The Morgan fingerprint density at radius 2 is 2.09 bits per heavy atom. The van der Waals surface area contributed by atoms with E-state index in [2.05, 4.69) is 20.4 Å². The van der Waals surface area contributed by atoms with Gasteiger partial charge in [-0.3, -0.25) is 4.79 Å². The summed E-state index contributed by atoms with van der Waals surface area (Å²) in [7, 11) is 0. The van der Waals surface area contributed by atoms with Gasteiger partial charge in [-0.25, -0.2) is 9.50 Å². The van der Waals surface area contributed by atoms with Gasteiger partial charge in [0.1, 0.15) is 0 Å². The van der Waals surface area contributed by atoms with Crippen molar-refractivity contribution in [2.75, 3.05) is 0 Å². The number of hydrogen-bond acceptors (Lipinski definition) is 4. The predicted octanol–water partition coefficient (Wildman–Crippen LogP) is 3.23. The first-order valence-corrected chi connectivity index (χ1v) is 7.65. The number of fused-ring (bicyclic) bond motifs is 1. The molecule has 0 unspecified atom stereocenters. The summed E-state index contributed by atoms with van der Waals surface area (Å²) in [5.74, 6) is 0.0458. The van der Waals surface area contributed by atoms with Gasteiger partial charge in [0, 0.05) is 21.9 Å². The first kappa shape index (κ1) is 15.7. The Balaban J connectivity index is 1.83. The minimum Gasteiger partial charge on any atom is -0.343 e. The normalized spacial score (nSPS) is 12.3. The lowest BCUT2D eigenvalue weighted by molar-refractivity contribution is 0.0929. The number of aryl methyl sites for hydroxylation is 1. The molecule has 0 saturated carbocycles. The molecule has 1 N–H and O–H groups in total. The van der Waals surface area contributed by atoms with Crippen molar-refractivity contribution in [1.29, 1.82) is 0 Å². The number of hydrogen-bond donors (Lipinski definition) is 1. The van der Waals surface area contributed by atoms with Gasteiger partial charge < -0.3 is 5.32 Å². The highest BCUT2D eigenvalue weighted by molar-refractivity contribution is 6.35. The molecule has 0 saturated heterocycles. The van der Waals surface area contributed by atoms with Gasteiger partial charge >= 0.3 is 0 Å². The van der Waals surface area contributed by atoms with Crippen molar-refractivity contribution >= 4 is 34.9 Å². The molecular weight excluding hydrogens is 337 g/mol. The van der Waals surface area contributed by atoms with E-state index in [1.165, 1.54) is 4.52 Å². The van der Waals surface area contributed by atoms with Gasteiger partial charge in [0.25, 0.3) is 11.7 Å². The van der Waals surface area contributed by atoms with Crippen LogP contribution >= 0.6 is 23.2 Å². The molecule has 8 heteroatoms. The number of amides is 1. The van der Waals surface area contributed by atoms with E-state index in [1.54, 1.807) is 30.5 Å². The molecule has 1 aromatic carbocycles. The van der Waals surface area contributed by atoms with Crippen LogP contribution in [0.5, 0.6) is 0 Å². The minimum absolute atomic E-state index is 0.0590. The number of nitrogens with zero attached hydrogens (tertiary/aromatic N) is 4. The van der Waals surface area contributed by atoms with Gasteiger partial charge in [-0.2, -0.15) is 4.98 Å². The first-order chi connectivity index (χ1) is 11.0. The Morgan fingerprint density at radius 1 is 1.30 bits per heavy atom. The van der Waals surface area contributed by atoms with Crippen LogP contribution in [0.15, 0.2) is 30.5 Å². The van der Waals surface area contributed by atoms with Crippen LogP contribution in [-0.4, -0.2) is 25.5 Å². The molecule has 6 nitrogen and oxygen atoms in total. The van der Waals surface area contributed by atoms with E-state index < -0.39 is 5.91 Å². The molecule has 118 valence electrons. The Bertz CT molecular complexity index is 893. The summed E-state index contributed by atoms with van der Waals surface area (Å²) in [6.07, 6.45) is 1.62. The molecule has 1 atom stereocenters. The zero-order chi connectivity index (χ0) is 16.6. The van der Waals surface area contributed by atoms with Gasteiger partial charge in [-0.1, -0.05) is 29.3 Å². The highest BCUT2D eigenvalue weighted by Crippen LogP contribution is 2.26. The monoisotopic (exact) mass is 349 g/mol. The van der Waals surface area contributed by atoms with Crippen LogP contribution in [0.3, 0.4) is 0 Å². The minimum atomic E-state index is -0.395. The van der Waals surface area contributed by atoms with Crippen LogP contribution < -0.4 is 5.32 Å². The van der Waals surface area contributed by atoms with Crippen molar-refractivity contribution in [3.8, 4) is 0 Å². The molecule has 1 amide bonds. The number of carbonyl (C=O) groups excluding carboxylic acids is 1. The summed E-state index contributed by atoms with van der Waals surface area (Å²) in [5, 5.41) is 8.03. The second-order valence-electron chi connectivity index (χ2n) is 5.09. The van der Waals surface area contributed by atoms with Crippen molar-refractivity contribution in [1.82, 2.24) is 24.9 Å². The maximum Gasteiger partial charge on any atom is 0.291 e. The van der Waals surface area contributed by atoms with Crippen LogP contribution in [-0.2, 0) is 0 Å². The predicted molar refractivity (Wildman–Crippen MR) is 87.9 cm³/mol. The van der Waals surface area contributed by atoms with Crippen molar-refractivity contribution in [2.45, 2.75) is 19.9 Å². The number of rotatable bonds is 3. The summed E-state index contributed by atoms with van der Waals surface area (Å²) in [5.41, 5.74) is 1.61. The van der Waals surface area contributed by atoms with Crippen molar-refractivity contribution in [3.05, 3.63) is 57.6 Å². The number of nitrogens with one attached hydrogen (secondary N) is 1. The van der Waals surface area contributed by atoms with Gasteiger partial charge in [0.2, 0.25) is 5.82 Å². The van der Waals surface area contributed by atoms with E-state index in [0.717, 1.165) is 11.3 Å². The fourth-order valence-electron chi connectivity index (χ4n) is 2.19. The maximum absolute atomic E-state index is 12.3. The molecule has 3 aromatic rings. The average Bonchev–Trinajstić information content (AvgIpc) is 2.92. The van der Waals surface area contributed by atoms with Crippen LogP contribution in [0, 0.1) is 6.92 Å². The number of benzene rings is 1. The van der Waals surface area contributed by atoms with Gasteiger partial charge in [0.05, 0.1) is 6.04 Å². The summed E-state index contributed by atoms with van der Waals surface area (Å²) in [6.45, 7) is 3.69. The molecule has 0 fully saturated rings. The zero-order valence-electron chi connectivity index (χ0n) is 12.4. The lowest BCUT2D eigenvalue weighted by Gasteiger charge is -2.14. The highest BCUT2D eigenvalue weighted by atomic mass is 35.5.